The summed E-state index contributed by atoms with van der Waals surface area (Å²) in [6, 6.07) is 1.94. The van der Waals surface area contributed by atoms with Crippen molar-refractivity contribution in [1.29, 1.82) is 0 Å². The standard InChI is InChI=1S/C22H29NO4S/c1-6-20(25)23-12-16-11-18(15(5)28-21(7-2)27-14(3)4)22-17(19(16)13-24)9-8-10-26-22/h6-7,11,14,24H,1,5,8-10,12-13H2,2-4H3,(H,23,25)/b21-7-. The normalized spacial score (nSPS) is 13.5. The fraction of sp³-hybridized carbons (Fsp3) is 0.409. The van der Waals surface area contributed by atoms with Gasteiger partial charge in [-0.2, -0.15) is 0 Å². The minimum atomic E-state index is -0.255. The van der Waals surface area contributed by atoms with Gasteiger partial charge in [-0.25, -0.2) is 0 Å². The minimum Gasteiger partial charge on any atom is -0.493 e. The second-order valence-electron chi connectivity index (χ2n) is 6.70. The summed E-state index contributed by atoms with van der Waals surface area (Å²) < 4.78 is 11.8. The van der Waals surface area contributed by atoms with Gasteiger partial charge in [-0.3, -0.25) is 4.79 Å². The lowest BCUT2D eigenvalue weighted by molar-refractivity contribution is -0.116. The molecule has 6 heteroatoms. The van der Waals surface area contributed by atoms with Crippen molar-refractivity contribution in [3.63, 3.8) is 0 Å². The van der Waals surface area contributed by atoms with Crippen LogP contribution in [0.25, 0.3) is 4.91 Å². The molecule has 2 N–H and O–H groups in total. The summed E-state index contributed by atoms with van der Waals surface area (Å²) in [6.45, 7) is 14.4. The van der Waals surface area contributed by atoms with E-state index in [2.05, 4.69) is 18.5 Å². The fourth-order valence-corrected chi connectivity index (χ4v) is 3.91. The fourth-order valence-electron chi connectivity index (χ4n) is 3.05. The van der Waals surface area contributed by atoms with E-state index in [-0.39, 0.29) is 18.6 Å². The molecule has 1 aromatic rings. The number of aliphatic hydroxyl groups excluding tert-OH is 1. The molecule has 0 bridgehead atoms. The smallest absolute Gasteiger partial charge is 0.243 e. The molecule has 0 radical (unpaired) electrons. The van der Waals surface area contributed by atoms with Gasteiger partial charge in [-0.15, -0.1) is 0 Å². The molecular formula is C22H29NO4S. The number of fused-ring (bicyclic) bond motifs is 1. The first-order valence-corrected chi connectivity index (χ1v) is 10.2. The highest BCUT2D eigenvalue weighted by molar-refractivity contribution is 8.11. The number of allylic oxidation sites excluding steroid dienone is 1. The number of amides is 1. The number of nitrogens with one attached hydrogen (secondary N) is 1. The molecule has 0 aromatic heterocycles. The maximum Gasteiger partial charge on any atom is 0.243 e. The van der Waals surface area contributed by atoms with Crippen LogP contribution in [0.3, 0.4) is 0 Å². The van der Waals surface area contributed by atoms with Gasteiger partial charge in [0.25, 0.3) is 0 Å². The summed E-state index contributed by atoms with van der Waals surface area (Å²) in [5.41, 5.74) is 3.52. The van der Waals surface area contributed by atoms with Crippen molar-refractivity contribution in [1.82, 2.24) is 5.32 Å². The van der Waals surface area contributed by atoms with Crippen molar-refractivity contribution in [2.45, 2.75) is 52.9 Å². The molecule has 1 aromatic carbocycles. The van der Waals surface area contributed by atoms with Crippen LogP contribution < -0.4 is 10.1 Å². The summed E-state index contributed by atoms with van der Waals surface area (Å²) in [5.74, 6) is 0.515. The highest BCUT2D eigenvalue weighted by Crippen LogP contribution is 2.43. The lowest BCUT2D eigenvalue weighted by Crippen LogP contribution is -2.22. The van der Waals surface area contributed by atoms with Gasteiger partial charge in [0.1, 0.15) is 5.75 Å². The number of carbonyl (C=O) groups is 1. The molecule has 0 spiro atoms. The molecule has 0 atom stereocenters. The minimum absolute atomic E-state index is 0.0677. The first-order chi connectivity index (χ1) is 13.4. The van der Waals surface area contributed by atoms with E-state index >= 15 is 0 Å². The van der Waals surface area contributed by atoms with Crippen LogP contribution in [0.5, 0.6) is 5.75 Å². The lowest BCUT2D eigenvalue weighted by Gasteiger charge is -2.26. The van der Waals surface area contributed by atoms with E-state index in [1.54, 1.807) is 0 Å². The molecule has 0 unspecified atom stereocenters. The topological polar surface area (TPSA) is 67.8 Å². The lowest BCUT2D eigenvalue weighted by atomic mass is 9.92. The largest absolute Gasteiger partial charge is 0.493 e. The number of hydrogen-bond acceptors (Lipinski definition) is 5. The number of rotatable bonds is 9. The number of benzene rings is 1. The van der Waals surface area contributed by atoms with Crippen molar-refractivity contribution >= 4 is 22.6 Å². The third kappa shape index (κ3) is 5.42. The third-order valence-electron chi connectivity index (χ3n) is 4.32. The zero-order chi connectivity index (χ0) is 20.7. The number of carbonyl (C=O) groups excluding carboxylic acids is 1. The van der Waals surface area contributed by atoms with Gasteiger partial charge in [-0.1, -0.05) is 24.9 Å². The van der Waals surface area contributed by atoms with Crippen LogP contribution in [0.2, 0.25) is 0 Å². The quantitative estimate of drug-likeness (QED) is 0.475. The molecule has 0 saturated carbocycles. The average Bonchev–Trinajstić information content (AvgIpc) is 2.69. The van der Waals surface area contributed by atoms with Gasteiger partial charge in [0.05, 0.1) is 19.3 Å². The summed E-state index contributed by atoms with van der Waals surface area (Å²) in [4.78, 5) is 12.4. The highest BCUT2D eigenvalue weighted by Gasteiger charge is 2.24. The number of aliphatic hydroxyl groups is 1. The van der Waals surface area contributed by atoms with Gasteiger partial charge >= 0.3 is 0 Å². The monoisotopic (exact) mass is 403 g/mol. The number of ether oxygens (including phenoxy) is 2. The second-order valence-corrected chi connectivity index (χ2v) is 7.80. The Morgan fingerprint density at radius 1 is 1.50 bits per heavy atom. The Bertz CT molecular complexity index is 783. The van der Waals surface area contributed by atoms with Crippen LogP contribution in [0, 0.1) is 0 Å². The Labute approximate surface area is 171 Å². The Hall–Kier alpha value is -2.18. The first-order valence-electron chi connectivity index (χ1n) is 9.42. The van der Waals surface area contributed by atoms with E-state index in [0.717, 1.165) is 50.8 Å². The second kappa shape index (κ2) is 10.4. The Kier molecular flexibility index (Phi) is 8.20. The van der Waals surface area contributed by atoms with Crippen LogP contribution in [0.15, 0.2) is 36.5 Å². The van der Waals surface area contributed by atoms with E-state index in [9.17, 15) is 9.90 Å². The molecule has 0 fully saturated rings. The van der Waals surface area contributed by atoms with Crippen LogP contribution in [0.1, 0.15) is 49.4 Å². The number of hydrogen-bond donors (Lipinski definition) is 2. The zero-order valence-corrected chi connectivity index (χ0v) is 17.7. The van der Waals surface area contributed by atoms with Gasteiger partial charge in [-0.05, 0) is 63.0 Å². The molecular weight excluding hydrogens is 374 g/mol. The highest BCUT2D eigenvalue weighted by atomic mass is 32.2. The predicted molar refractivity (Wildman–Crippen MR) is 115 cm³/mol. The summed E-state index contributed by atoms with van der Waals surface area (Å²) in [7, 11) is 0. The molecule has 0 aliphatic carbocycles. The molecule has 5 nitrogen and oxygen atoms in total. The molecule has 0 saturated heterocycles. The van der Waals surface area contributed by atoms with E-state index < -0.39 is 0 Å². The van der Waals surface area contributed by atoms with Crippen LogP contribution in [-0.4, -0.2) is 23.7 Å². The molecule has 28 heavy (non-hydrogen) atoms. The van der Waals surface area contributed by atoms with Gasteiger partial charge in [0, 0.05) is 22.6 Å². The Morgan fingerprint density at radius 2 is 2.25 bits per heavy atom. The maximum absolute atomic E-state index is 11.6. The van der Waals surface area contributed by atoms with E-state index in [4.69, 9.17) is 9.47 Å². The van der Waals surface area contributed by atoms with E-state index in [1.807, 2.05) is 32.9 Å². The number of thioether (sulfide) groups is 1. The van der Waals surface area contributed by atoms with Crippen molar-refractivity contribution in [3.8, 4) is 5.75 Å². The van der Waals surface area contributed by atoms with Crippen molar-refractivity contribution in [2.24, 2.45) is 0 Å². The molecule has 1 amide bonds. The summed E-state index contributed by atoms with van der Waals surface area (Å²) >= 11 is 1.45. The average molecular weight is 404 g/mol. The maximum atomic E-state index is 11.6. The van der Waals surface area contributed by atoms with Crippen molar-refractivity contribution in [3.05, 3.63) is 58.7 Å². The molecule has 1 aliphatic rings. The summed E-state index contributed by atoms with van der Waals surface area (Å²) in [6.07, 6.45) is 4.92. The third-order valence-corrected chi connectivity index (χ3v) is 5.31. The Balaban J connectivity index is 2.42. The summed E-state index contributed by atoms with van der Waals surface area (Å²) in [5, 5.41) is 13.5. The van der Waals surface area contributed by atoms with Gasteiger partial charge < -0.3 is 19.9 Å². The molecule has 1 heterocycles. The Morgan fingerprint density at radius 3 is 2.86 bits per heavy atom. The van der Waals surface area contributed by atoms with E-state index in [0.29, 0.717) is 13.2 Å². The van der Waals surface area contributed by atoms with Crippen molar-refractivity contribution < 1.29 is 19.4 Å². The van der Waals surface area contributed by atoms with Crippen molar-refractivity contribution in [2.75, 3.05) is 6.61 Å². The molecule has 152 valence electrons. The first kappa shape index (κ1) is 22.1. The van der Waals surface area contributed by atoms with Crippen LogP contribution >= 0.6 is 11.8 Å². The molecule has 2 rings (SSSR count). The predicted octanol–water partition coefficient (Wildman–Crippen LogP) is 4.30. The van der Waals surface area contributed by atoms with Gasteiger partial charge in [0.15, 0.2) is 5.09 Å². The molecule has 1 aliphatic heterocycles. The van der Waals surface area contributed by atoms with Gasteiger partial charge in [0.2, 0.25) is 5.91 Å². The van der Waals surface area contributed by atoms with E-state index in [1.165, 1.54) is 17.8 Å². The SMILES string of the molecule is C=CC(=O)NCc1cc(C(=C)S/C(=C\C)OC(C)C)c2c(c1CO)CCCO2. The van der Waals surface area contributed by atoms with Crippen LogP contribution in [0.4, 0.5) is 0 Å². The van der Waals surface area contributed by atoms with Crippen LogP contribution in [-0.2, 0) is 29.1 Å². The zero-order valence-electron chi connectivity index (χ0n) is 16.8.